The molecule has 0 saturated carbocycles. The number of nitrogens with zero attached hydrogens (tertiary/aromatic N) is 1. The summed E-state index contributed by atoms with van der Waals surface area (Å²) >= 11 is 6.02. The van der Waals surface area contributed by atoms with Crippen LogP contribution >= 0.6 is 11.6 Å². The van der Waals surface area contributed by atoms with Crippen LogP contribution in [0.15, 0.2) is 73.1 Å². The molecule has 0 bridgehead atoms. The quantitative estimate of drug-likeness (QED) is 0.153. The molecule has 8 heteroatoms. The summed E-state index contributed by atoms with van der Waals surface area (Å²) in [6, 6.07) is 16.0. The number of benzene rings is 3. The molecule has 5 rings (SSSR count). The number of ether oxygens (including phenoxy) is 1. The molecule has 1 fully saturated rings. The van der Waals surface area contributed by atoms with Gasteiger partial charge in [-0.1, -0.05) is 31.2 Å². The van der Waals surface area contributed by atoms with Crippen LogP contribution in [-0.2, 0) is 24.2 Å². The number of carbonyl (C=O) groups is 1. The molecular weight excluding hydrogens is 563 g/mol. The van der Waals surface area contributed by atoms with E-state index in [9.17, 15) is 4.79 Å². The SMILES string of the molecule is C=C(NCc1ccc(Cl)cc1C)C(=O)Nc1ccc(Oc2ccnc3cc(CCC4CCNCC4)c(CC)cc23)c(F)c1. The van der Waals surface area contributed by atoms with Crippen LogP contribution in [0, 0.1) is 18.7 Å². The van der Waals surface area contributed by atoms with E-state index in [1.54, 1.807) is 24.4 Å². The van der Waals surface area contributed by atoms with Gasteiger partial charge < -0.3 is 20.7 Å². The van der Waals surface area contributed by atoms with Crippen LogP contribution in [0.3, 0.4) is 0 Å². The van der Waals surface area contributed by atoms with Crippen molar-refractivity contribution >= 4 is 34.1 Å². The fourth-order valence-electron chi connectivity index (χ4n) is 5.56. The van der Waals surface area contributed by atoms with Gasteiger partial charge in [-0.05, 0) is 123 Å². The van der Waals surface area contributed by atoms with Crippen molar-refractivity contribution in [2.45, 2.75) is 52.5 Å². The number of aromatic nitrogens is 1. The van der Waals surface area contributed by atoms with Crippen LogP contribution in [0.25, 0.3) is 10.9 Å². The Hall–Kier alpha value is -3.94. The van der Waals surface area contributed by atoms with Crippen molar-refractivity contribution in [2.75, 3.05) is 18.4 Å². The van der Waals surface area contributed by atoms with Crippen LogP contribution in [0.2, 0.25) is 5.02 Å². The summed E-state index contributed by atoms with van der Waals surface area (Å²) in [5, 5.41) is 10.6. The van der Waals surface area contributed by atoms with Crippen LogP contribution in [0.5, 0.6) is 11.5 Å². The van der Waals surface area contributed by atoms with E-state index >= 15 is 4.39 Å². The predicted molar refractivity (Wildman–Crippen MR) is 172 cm³/mol. The Labute approximate surface area is 257 Å². The first-order chi connectivity index (χ1) is 20.8. The molecule has 1 amide bonds. The van der Waals surface area contributed by atoms with Gasteiger partial charge in [0.1, 0.15) is 5.75 Å². The Bertz CT molecular complexity index is 1630. The van der Waals surface area contributed by atoms with Gasteiger partial charge in [-0.15, -0.1) is 0 Å². The Kier molecular flexibility index (Phi) is 9.95. The van der Waals surface area contributed by atoms with Gasteiger partial charge in [0, 0.05) is 34.9 Å². The molecule has 0 spiro atoms. The summed E-state index contributed by atoms with van der Waals surface area (Å²) in [5.41, 5.74) is 5.88. The van der Waals surface area contributed by atoms with E-state index in [0.717, 1.165) is 53.9 Å². The molecule has 0 unspecified atom stereocenters. The first-order valence-corrected chi connectivity index (χ1v) is 15.3. The van der Waals surface area contributed by atoms with E-state index in [1.807, 2.05) is 19.1 Å². The van der Waals surface area contributed by atoms with Crippen molar-refractivity contribution in [3.63, 3.8) is 0 Å². The van der Waals surface area contributed by atoms with Crippen molar-refractivity contribution in [2.24, 2.45) is 5.92 Å². The highest BCUT2D eigenvalue weighted by atomic mass is 35.5. The van der Waals surface area contributed by atoms with Gasteiger partial charge in [0.25, 0.3) is 5.91 Å². The number of aryl methyl sites for hydroxylation is 3. The molecule has 6 nitrogen and oxygen atoms in total. The number of hydrogen-bond donors (Lipinski definition) is 3. The standard InChI is InChI=1S/C35H38ClFN4O2/c1-4-25-18-30-32(19-26(25)6-5-24-11-14-38-15-12-24)39-16-13-33(30)43-34-10-9-29(20-31(34)37)41-35(42)23(3)40-21-27-7-8-28(36)17-22(27)2/h7-10,13,16-20,24,38,40H,3-6,11-12,14-15,21H2,1-2H3,(H,41,42). The molecule has 1 aliphatic heterocycles. The number of anilines is 1. The minimum atomic E-state index is -0.590. The van der Waals surface area contributed by atoms with Gasteiger partial charge in [-0.25, -0.2) is 4.39 Å². The Morgan fingerprint density at radius 2 is 1.88 bits per heavy atom. The zero-order chi connectivity index (χ0) is 30.3. The average Bonchev–Trinajstić information content (AvgIpc) is 3.01. The lowest BCUT2D eigenvalue weighted by Gasteiger charge is -2.23. The van der Waals surface area contributed by atoms with Crippen molar-refractivity contribution in [3.05, 3.63) is 106 Å². The van der Waals surface area contributed by atoms with Gasteiger partial charge in [0.2, 0.25) is 0 Å². The first kappa shape index (κ1) is 30.5. The number of hydrogen-bond acceptors (Lipinski definition) is 5. The predicted octanol–water partition coefficient (Wildman–Crippen LogP) is 7.86. The van der Waals surface area contributed by atoms with Gasteiger partial charge in [0.15, 0.2) is 11.6 Å². The molecule has 1 aromatic heterocycles. The molecule has 224 valence electrons. The Balaban J connectivity index is 1.24. The minimum absolute atomic E-state index is 0.0636. The highest BCUT2D eigenvalue weighted by Gasteiger charge is 2.16. The summed E-state index contributed by atoms with van der Waals surface area (Å²) in [7, 11) is 0. The van der Waals surface area contributed by atoms with Gasteiger partial charge in [-0.2, -0.15) is 0 Å². The van der Waals surface area contributed by atoms with E-state index < -0.39 is 11.7 Å². The fourth-order valence-corrected chi connectivity index (χ4v) is 5.79. The lowest BCUT2D eigenvalue weighted by Crippen LogP contribution is -2.27. The maximum absolute atomic E-state index is 15.2. The molecule has 4 aromatic rings. The second-order valence-corrected chi connectivity index (χ2v) is 11.6. The highest BCUT2D eigenvalue weighted by molar-refractivity contribution is 6.30. The van der Waals surface area contributed by atoms with E-state index in [2.05, 4.69) is 46.6 Å². The lowest BCUT2D eigenvalue weighted by molar-refractivity contribution is -0.113. The molecule has 0 radical (unpaired) electrons. The minimum Gasteiger partial charge on any atom is -0.454 e. The summed E-state index contributed by atoms with van der Waals surface area (Å²) in [5.74, 6) is 0.312. The smallest absolute Gasteiger partial charge is 0.271 e. The molecule has 43 heavy (non-hydrogen) atoms. The molecule has 1 saturated heterocycles. The third kappa shape index (κ3) is 7.72. The number of piperidine rings is 1. The Morgan fingerprint density at radius 1 is 1.07 bits per heavy atom. The monoisotopic (exact) mass is 600 g/mol. The highest BCUT2D eigenvalue weighted by Crippen LogP contribution is 2.34. The zero-order valence-electron chi connectivity index (χ0n) is 24.7. The number of rotatable bonds is 11. The molecular formula is C35H38ClFN4O2. The van der Waals surface area contributed by atoms with Crippen molar-refractivity contribution < 1.29 is 13.9 Å². The van der Waals surface area contributed by atoms with Crippen molar-refractivity contribution in [1.29, 1.82) is 0 Å². The van der Waals surface area contributed by atoms with Crippen LogP contribution in [0.1, 0.15) is 48.4 Å². The second-order valence-electron chi connectivity index (χ2n) is 11.1. The number of fused-ring (bicyclic) bond motifs is 1. The van der Waals surface area contributed by atoms with Crippen LogP contribution in [-0.4, -0.2) is 24.0 Å². The topological polar surface area (TPSA) is 75.3 Å². The summed E-state index contributed by atoms with van der Waals surface area (Å²) < 4.78 is 21.2. The molecule has 2 heterocycles. The largest absolute Gasteiger partial charge is 0.454 e. The average molecular weight is 601 g/mol. The molecule has 0 aliphatic carbocycles. The van der Waals surface area contributed by atoms with E-state index in [-0.39, 0.29) is 11.4 Å². The van der Waals surface area contributed by atoms with Crippen molar-refractivity contribution in [1.82, 2.24) is 15.6 Å². The third-order valence-corrected chi connectivity index (χ3v) is 8.40. The zero-order valence-corrected chi connectivity index (χ0v) is 25.5. The first-order valence-electron chi connectivity index (χ1n) is 14.9. The normalized spacial score (nSPS) is 13.6. The van der Waals surface area contributed by atoms with E-state index in [4.69, 9.17) is 16.3 Å². The maximum atomic E-state index is 15.2. The van der Waals surface area contributed by atoms with Crippen LogP contribution < -0.4 is 20.7 Å². The van der Waals surface area contributed by atoms with Gasteiger partial charge in [-0.3, -0.25) is 9.78 Å². The van der Waals surface area contributed by atoms with Crippen molar-refractivity contribution in [3.8, 4) is 11.5 Å². The number of pyridine rings is 1. The van der Waals surface area contributed by atoms with Gasteiger partial charge >= 0.3 is 0 Å². The number of halogens is 2. The lowest BCUT2D eigenvalue weighted by atomic mass is 9.89. The van der Waals surface area contributed by atoms with E-state index in [0.29, 0.717) is 23.0 Å². The molecule has 0 atom stereocenters. The number of amides is 1. The third-order valence-electron chi connectivity index (χ3n) is 8.17. The molecule has 3 N–H and O–H groups in total. The van der Waals surface area contributed by atoms with E-state index in [1.165, 1.54) is 42.5 Å². The molecule has 3 aromatic carbocycles. The van der Waals surface area contributed by atoms with Gasteiger partial charge in [0.05, 0.1) is 11.2 Å². The summed E-state index contributed by atoms with van der Waals surface area (Å²) in [6.45, 7) is 10.5. The fraction of sp³-hybridized carbons (Fsp3) is 0.314. The number of nitrogens with one attached hydrogen (secondary N) is 3. The molecule has 1 aliphatic rings. The summed E-state index contributed by atoms with van der Waals surface area (Å²) in [4.78, 5) is 17.3. The summed E-state index contributed by atoms with van der Waals surface area (Å²) in [6.07, 6.45) is 7.26. The maximum Gasteiger partial charge on any atom is 0.271 e. The second kappa shape index (κ2) is 14.0. The van der Waals surface area contributed by atoms with Crippen LogP contribution in [0.4, 0.5) is 10.1 Å². The number of carbonyl (C=O) groups excluding carboxylic acids is 1. The Morgan fingerprint density at radius 3 is 2.63 bits per heavy atom.